The maximum atomic E-state index is 12.6. The normalized spacial score (nSPS) is 23.0. The third-order valence-corrected chi connectivity index (χ3v) is 4.57. The number of carbonyl (C=O) groups is 1. The molecular weight excluding hydrogens is 288 g/mol. The fourth-order valence-corrected chi connectivity index (χ4v) is 3.37. The van der Waals surface area contributed by atoms with Crippen LogP contribution in [-0.4, -0.2) is 24.6 Å². The molecule has 1 heterocycles. The first-order valence-corrected chi connectivity index (χ1v) is 7.46. The van der Waals surface area contributed by atoms with Crippen LogP contribution < -0.4 is 11.1 Å². The predicted octanol–water partition coefficient (Wildman–Crippen LogP) is 2.11. The Bertz CT molecular complexity index is 501. The van der Waals surface area contributed by atoms with Gasteiger partial charge < -0.3 is 15.8 Å². The van der Waals surface area contributed by atoms with Gasteiger partial charge in [0.1, 0.15) is 0 Å². The van der Waals surface area contributed by atoms with Crippen molar-refractivity contribution in [3.05, 3.63) is 35.4 Å². The van der Waals surface area contributed by atoms with Crippen molar-refractivity contribution in [2.24, 2.45) is 5.73 Å². The summed E-state index contributed by atoms with van der Waals surface area (Å²) in [5, 5.41) is 3.16. The van der Waals surface area contributed by atoms with E-state index in [1.165, 1.54) is 5.56 Å². The second-order valence-corrected chi connectivity index (χ2v) is 5.88. The predicted molar refractivity (Wildman–Crippen MR) is 84.5 cm³/mol. The number of nitrogens with two attached hydrogens (primary N) is 1. The van der Waals surface area contributed by atoms with Gasteiger partial charge in [-0.25, -0.2) is 0 Å². The van der Waals surface area contributed by atoms with E-state index >= 15 is 0 Å². The summed E-state index contributed by atoms with van der Waals surface area (Å²) in [6.45, 7) is 1.11. The second-order valence-electron chi connectivity index (χ2n) is 5.88. The molecule has 1 aromatic rings. The third-order valence-electron chi connectivity index (χ3n) is 4.57. The Morgan fingerprint density at radius 2 is 2.05 bits per heavy atom. The van der Waals surface area contributed by atoms with Crippen LogP contribution in [0.1, 0.15) is 42.9 Å². The molecule has 21 heavy (non-hydrogen) atoms. The number of hydrogen-bond donors (Lipinski definition) is 2. The zero-order valence-corrected chi connectivity index (χ0v) is 13.0. The van der Waals surface area contributed by atoms with Crippen LogP contribution in [0.4, 0.5) is 0 Å². The first-order valence-electron chi connectivity index (χ1n) is 7.46. The number of hydrogen-bond acceptors (Lipinski definition) is 3. The van der Waals surface area contributed by atoms with Gasteiger partial charge in [0.05, 0.1) is 12.1 Å². The standard InChI is InChI=1S/C16H22N2O2.ClH/c17-11-16(8-3-4-9-16)18-15(19)14-13-6-2-1-5-12(13)7-10-20-14;/h1-2,5-6,14H,3-4,7-11,17H2,(H,18,19);1H. The Kier molecular flexibility index (Phi) is 5.25. The topological polar surface area (TPSA) is 64.3 Å². The lowest BCUT2D eigenvalue weighted by Gasteiger charge is -2.32. The number of carbonyl (C=O) groups excluding carboxylic acids is 1. The van der Waals surface area contributed by atoms with E-state index in [-0.39, 0.29) is 23.9 Å². The minimum atomic E-state index is -0.482. The van der Waals surface area contributed by atoms with E-state index in [2.05, 4.69) is 11.4 Å². The average molecular weight is 311 g/mol. The molecule has 5 heteroatoms. The van der Waals surface area contributed by atoms with Gasteiger partial charge in [0.2, 0.25) is 0 Å². The summed E-state index contributed by atoms with van der Waals surface area (Å²) in [5.74, 6) is -0.0375. The van der Waals surface area contributed by atoms with Crippen molar-refractivity contribution >= 4 is 18.3 Å². The van der Waals surface area contributed by atoms with Crippen LogP contribution in [0.25, 0.3) is 0 Å². The molecule has 1 fully saturated rings. The van der Waals surface area contributed by atoms with E-state index in [0.29, 0.717) is 13.2 Å². The van der Waals surface area contributed by atoms with Crippen LogP contribution >= 0.6 is 12.4 Å². The van der Waals surface area contributed by atoms with Gasteiger partial charge >= 0.3 is 0 Å². The molecule has 116 valence electrons. The molecule has 1 saturated carbocycles. The Morgan fingerprint density at radius 3 is 2.76 bits per heavy atom. The van der Waals surface area contributed by atoms with Gasteiger partial charge in [0.25, 0.3) is 5.91 Å². The number of amides is 1. The Balaban J connectivity index is 0.00000161. The minimum Gasteiger partial charge on any atom is -0.363 e. The molecule has 1 amide bonds. The molecule has 0 bridgehead atoms. The number of halogens is 1. The molecule has 1 unspecified atom stereocenters. The SMILES string of the molecule is Cl.NCC1(NC(=O)C2OCCc3ccccc32)CCCC1. The van der Waals surface area contributed by atoms with Crippen molar-refractivity contribution < 1.29 is 9.53 Å². The first-order chi connectivity index (χ1) is 9.74. The van der Waals surface area contributed by atoms with Crippen molar-refractivity contribution in [1.29, 1.82) is 0 Å². The lowest BCUT2D eigenvalue weighted by molar-refractivity contribution is -0.136. The fourth-order valence-electron chi connectivity index (χ4n) is 3.37. The van der Waals surface area contributed by atoms with Gasteiger partial charge in [-0.3, -0.25) is 4.79 Å². The largest absolute Gasteiger partial charge is 0.363 e. The van der Waals surface area contributed by atoms with Gasteiger partial charge in [-0.05, 0) is 30.4 Å². The smallest absolute Gasteiger partial charge is 0.254 e. The molecule has 1 aliphatic carbocycles. The van der Waals surface area contributed by atoms with Crippen molar-refractivity contribution in [2.75, 3.05) is 13.2 Å². The van der Waals surface area contributed by atoms with E-state index < -0.39 is 6.10 Å². The maximum Gasteiger partial charge on any atom is 0.254 e. The van der Waals surface area contributed by atoms with Gasteiger partial charge in [0.15, 0.2) is 6.10 Å². The van der Waals surface area contributed by atoms with Crippen LogP contribution in [0.3, 0.4) is 0 Å². The monoisotopic (exact) mass is 310 g/mol. The van der Waals surface area contributed by atoms with Crippen LogP contribution in [0.5, 0.6) is 0 Å². The van der Waals surface area contributed by atoms with Gasteiger partial charge in [-0.1, -0.05) is 37.1 Å². The number of fused-ring (bicyclic) bond motifs is 1. The van der Waals surface area contributed by atoms with Gasteiger partial charge in [-0.15, -0.1) is 12.4 Å². The summed E-state index contributed by atoms with van der Waals surface area (Å²) in [7, 11) is 0. The van der Waals surface area contributed by atoms with E-state index in [0.717, 1.165) is 37.7 Å². The molecule has 3 rings (SSSR count). The summed E-state index contributed by atoms with van der Waals surface area (Å²) in [6, 6.07) is 8.04. The lowest BCUT2D eigenvalue weighted by atomic mass is 9.94. The highest BCUT2D eigenvalue weighted by Gasteiger charge is 2.37. The molecule has 0 saturated heterocycles. The molecule has 0 aromatic heterocycles. The van der Waals surface area contributed by atoms with Gasteiger partial charge in [0, 0.05) is 6.54 Å². The highest BCUT2D eigenvalue weighted by Crippen LogP contribution is 2.32. The summed E-state index contributed by atoms with van der Waals surface area (Å²) >= 11 is 0. The summed E-state index contributed by atoms with van der Waals surface area (Å²) in [4.78, 5) is 12.6. The van der Waals surface area contributed by atoms with Crippen molar-refractivity contribution in [1.82, 2.24) is 5.32 Å². The molecule has 1 aliphatic heterocycles. The fraction of sp³-hybridized carbons (Fsp3) is 0.562. The quantitative estimate of drug-likeness (QED) is 0.898. The molecule has 4 nitrogen and oxygen atoms in total. The summed E-state index contributed by atoms with van der Waals surface area (Å²) in [5.41, 5.74) is 7.89. The average Bonchev–Trinajstić information content (AvgIpc) is 2.95. The van der Waals surface area contributed by atoms with Crippen LogP contribution in [0, 0.1) is 0 Å². The van der Waals surface area contributed by atoms with Crippen molar-refractivity contribution in [3.63, 3.8) is 0 Å². The molecule has 1 atom stereocenters. The van der Waals surface area contributed by atoms with Crippen LogP contribution in [0.2, 0.25) is 0 Å². The number of nitrogens with one attached hydrogen (secondary N) is 1. The molecule has 2 aliphatic rings. The van der Waals surface area contributed by atoms with E-state index in [4.69, 9.17) is 10.5 Å². The maximum absolute atomic E-state index is 12.6. The Hall–Kier alpha value is -1.10. The Morgan fingerprint density at radius 1 is 1.33 bits per heavy atom. The molecule has 0 spiro atoms. The minimum absolute atomic E-state index is 0. The summed E-state index contributed by atoms with van der Waals surface area (Å²) in [6.07, 6.45) is 4.62. The van der Waals surface area contributed by atoms with E-state index in [1.807, 2.05) is 18.2 Å². The van der Waals surface area contributed by atoms with Crippen LogP contribution in [0.15, 0.2) is 24.3 Å². The zero-order chi connectivity index (χ0) is 14.0. The molecular formula is C16H23ClN2O2. The second kappa shape index (κ2) is 6.77. The van der Waals surface area contributed by atoms with E-state index in [9.17, 15) is 4.79 Å². The van der Waals surface area contributed by atoms with E-state index in [1.54, 1.807) is 0 Å². The lowest BCUT2D eigenvalue weighted by Crippen LogP contribution is -2.53. The number of ether oxygens (including phenoxy) is 1. The number of benzene rings is 1. The molecule has 1 aromatic carbocycles. The highest BCUT2D eigenvalue weighted by atomic mass is 35.5. The van der Waals surface area contributed by atoms with Crippen molar-refractivity contribution in [3.8, 4) is 0 Å². The van der Waals surface area contributed by atoms with Gasteiger partial charge in [-0.2, -0.15) is 0 Å². The summed E-state index contributed by atoms with van der Waals surface area (Å²) < 4.78 is 5.71. The molecule has 3 N–H and O–H groups in total. The third kappa shape index (κ3) is 3.23. The van der Waals surface area contributed by atoms with Crippen molar-refractivity contribution in [2.45, 2.75) is 43.7 Å². The zero-order valence-electron chi connectivity index (χ0n) is 12.1. The first kappa shape index (κ1) is 16.3. The number of rotatable bonds is 3. The molecule has 0 radical (unpaired) electrons. The Labute approximate surface area is 131 Å². The highest BCUT2D eigenvalue weighted by molar-refractivity contribution is 5.85. The van der Waals surface area contributed by atoms with Crippen LogP contribution in [-0.2, 0) is 16.0 Å².